The first-order valence-electron chi connectivity index (χ1n) is 9.78. The van der Waals surface area contributed by atoms with Crippen LogP contribution in [-0.2, 0) is 16.3 Å². The summed E-state index contributed by atoms with van der Waals surface area (Å²) in [6.45, 7) is 0.471. The van der Waals surface area contributed by atoms with Crippen LogP contribution in [0.4, 0.5) is 0 Å². The van der Waals surface area contributed by atoms with E-state index < -0.39 is 16.1 Å². The molecule has 3 aromatic rings. The zero-order valence-corrected chi connectivity index (χ0v) is 17.4. The fourth-order valence-corrected chi connectivity index (χ4v) is 4.71. The normalized spacial score (nSPS) is 15.4. The highest BCUT2D eigenvalue weighted by atomic mass is 32.2. The van der Waals surface area contributed by atoms with Crippen LogP contribution in [0.3, 0.4) is 0 Å². The van der Waals surface area contributed by atoms with Gasteiger partial charge in [0.15, 0.2) is 0 Å². The first kappa shape index (κ1) is 20.8. The second kappa shape index (κ2) is 8.75. The lowest BCUT2D eigenvalue weighted by molar-refractivity contribution is 0.0190. The van der Waals surface area contributed by atoms with E-state index in [4.69, 9.17) is 4.74 Å². The Morgan fingerprint density at radius 2 is 1.65 bits per heavy atom. The lowest BCUT2D eigenvalue weighted by Crippen LogP contribution is -2.28. The zero-order valence-electron chi connectivity index (χ0n) is 16.6. The van der Waals surface area contributed by atoms with Crippen molar-refractivity contribution in [2.75, 3.05) is 6.54 Å². The minimum absolute atomic E-state index is 0.0576. The quantitative estimate of drug-likeness (QED) is 0.620. The number of carbonyl (C=O) groups excluding carboxylic acids is 1. The molecule has 2 N–H and O–H groups in total. The van der Waals surface area contributed by atoms with Gasteiger partial charge in [-0.05, 0) is 48.4 Å². The van der Waals surface area contributed by atoms with Crippen LogP contribution in [0.5, 0.6) is 5.75 Å². The molecule has 0 fully saturated rings. The minimum atomic E-state index is -3.95. The van der Waals surface area contributed by atoms with Gasteiger partial charge in [0.2, 0.25) is 16.1 Å². The number of sulfone groups is 1. The van der Waals surface area contributed by atoms with Gasteiger partial charge in [0.1, 0.15) is 10.7 Å². The van der Waals surface area contributed by atoms with Crippen molar-refractivity contribution in [3.8, 4) is 5.75 Å². The minimum Gasteiger partial charge on any atom is -0.459 e. The maximum Gasteiger partial charge on any atom is 0.251 e. The highest BCUT2D eigenvalue weighted by Gasteiger charge is 2.32. The summed E-state index contributed by atoms with van der Waals surface area (Å²) in [5.41, 5.74) is 1.91. The van der Waals surface area contributed by atoms with Crippen molar-refractivity contribution >= 4 is 21.8 Å². The third-order valence-corrected chi connectivity index (χ3v) is 6.79. The van der Waals surface area contributed by atoms with E-state index in [1.54, 1.807) is 36.4 Å². The molecule has 6 nitrogen and oxygen atoms in total. The maximum absolute atomic E-state index is 12.9. The molecule has 0 bridgehead atoms. The van der Waals surface area contributed by atoms with Crippen LogP contribution in [-0.4, -0.2) is 32.3 Å². The summed E-state index contributed by atoms with van der Waals surface area (Å²) in [6, 6.07) is 22.3. The molecule has 0 saturated carbocycles. The van der Waals surface area contributed by atoms with Crippen molar-refractivity contribution in [3.05, 3.63) is 100 Å². The molecule has 1 heterocycles. The molecular weight excluding hydrogens is 414 g/mol. The van der Waals surface area contributed by atoms with Crippen molar-refractivity contribution in [2.45, 2.75) is 17.6 Å². The number of aliphatic hydroxyl groups is 1. The number of benzene rings is 3. The van der Waals surface area contributed by atoms with Crippen molar-refractivity contribution in [1.29, 1.82) is 0 Å². The monoisotopic (exact) mass is 435 g/mol. The fraction of sp³-hybridized carbons (Fsp3) is 0.125. The predicted molar refractivity (Wildman–Crippen MR) is 117 cm³/mol. The Labute approximate surface area is 180 Å². The largest absolute Gasteiger partial charge is 0.459 e. The van der Waals surface area contributed by atoms with Crippen LogP contribution in [0.25, 0.3) is 6.08 Å². The third kappa shape index (κ3) is 4.52. The van der Waals surface area contributed by atoms with E-state index in [1.807, 2.05) is 30.3 Å². The lowest BCUT2D eigenvalue weighted by Gasteiger charge is -2.23. The van der Waals surface area contributed by atoms with E-state index >= 15 is 0 Å². The molecule has 31 heavy (non-hydrogen) atoms. The van der Waals surface area contributed by atoms with Gasteiger partial charge in [0.05, 0.1) is 4.90 Å². The number of amides is 1. The lowest BCUT2D eigenvalue weighted by atomic mass is 10.1. The summed E-state index contributed by atoms with van der Waals surface area (Å²) < 4.78 is 31.2. The maximum atomic E-state index is 12.9. The van der Waals surface area contributed by atoms with Crippen LogP contribution in [0, 0.1) is 0 Å². The Balaban J connectivity index is 1.54. The standard InChI is InChI=1S/C24H21NO5S/c26-23(25-14-13-17-7-3-1-4-8-17)18-11-12-21-19(15-18)16-22(24(27)30-21)31(28,29)20-9-5-2-6-10-20/h1-12,15-16,24,27H,13-14H2,(H,25,26). The highest BCUT2D eigenvalue weighted by Crippen LogP contribution is 2.34. The number of ether oxygens (including phenoxy) is 1. The summed E-state index contributed by atoms with van der Waals surface area (Å²) >= 11 is 0. The van der Waals surface area contributed by atoms with Crippen molar-refractivity contribution < 1.29 is 23.1 Å². The van der Waals surface area contributed by atoms with Crippen molar-refractivity contribution in [1.82, 2.24) is 5.32 Å². The first-order valence-corrected chi connectivity index (χ1v) is 11.3. The molecule has 0 spiro atoms. The van der Waals surface area contributed by atoms with Gasteiger partial charge in [-0.15, -0.1) is 0 Å². The number of rotatable bonds is 6. The summed E-state index contributed by atoms with van der Waals surface area (Å²) in [6.07, 6.45) is 0.432. The molecule has 1 unspecified atom stereocenters. The number of aliphatic hydroxyl groups excluding tert-OH is 1. The number of fused-ring (bicyclic) bond motifs is 1. The van der Waals surface area contributed by atoms with Gasteiger partial charge in [0.25, 0.3) is 5.91 Å². The fourth-order valence-electron chi connectivity index (χ4n) is 3.33. The molecular formula is C24H21NO5S. The SMILES string of the molecule is O=C(NCCc1ccccc1)c1ccc2c(c1)C=C(S(=O)(=O)c1ccccc1)C(O)O2. The average Bonchev–Trinajstić information content (AvgIpc) is 2.79. The van der Waals surface area contributed by atoms with Gasteiger partial charge in [-0.25, -0.2) is 8.42 Å². The van der Waals surface area contributed by atoms with Crippen LogP contribution in [0.2, 0.25) is 0 Å². The van der Waals surface area contributed by atoms with Gasteiger partial charge in [-0.1, -0.05) is 48.5 Å². The zero-order chi connectivity index (χ0) is 21.8. The number of hydrogen-bond acceptors (Lipinski definition) is 5. The van der Waals surface area contributed by atoms with Gasteiger partial charge in [-0.2, -0.15) is 0 Å². The Morgan fingerprint density at radius 1 is 0.968 bits per heavy atom. The molecule has 1 atom stereocenters. The van der Waals surface area contributed by atoms with E-state index in [1.165, 1.54) is 18.2 Å². The summed E-state index contributed by atoms with van der Waals surface area (Å²) in [7, 11) is -3.95. The molecule has 158 valence electrons. The van der Waals surface area contributed by atoms with Gasteiger partial charge >= 0.3 is 0 Å². The second-order valence-corrected chi connectivity index (χ2v) is 9.03. The van der Waals surface area contributed by atoms with Crippen molar-refractivity contribution in [2.24, 2.45) is 0 Å². The number of nitrogens with one attached hydrogen (secondary N) is 1. The molecule has 0 aliphatic carbocycles. The van der Waals surface area contributed by atoms with E-state index in [9.17, 15) is 18.3 Å². The van der Waals surface area contributed by atoms with Gasteiger partial charge in [-0.3, -0.25) is 4.79 Å². The number of hydrogen-bond donors (Lipinski definition) is 2. The van der Waals surface area contributed by atoms with Gasteiger partial charge in [0, 0.05) is 17.7 Å². The van der Waals surface area contributed by atoms with Crippen LogP contribution >= 0.6 is 0 Å². The van der Waals surface area contributed by atoms with Crippen molar-refractivity contribution in [3.63, 3.8) is 0 Å². The van der Waals surface area contributed by atoms with Gasteiger partial charge < -0.3 is 15.2 Å². The summed E-state index contributed by atoms with van der Waals surface area (Å²) in [5, 5.41) is 13.1. The average molecular weight is 436 g/mol. The summed E-state index contributed by atoms with van der Waals surface area (Å²) in [5.74, 6) is 0.0334. The Morgan fingerprint density at radius 3 is 2.35 bits per heavy atom. The third-order valence-electron chi connectivity index (χ3n) is 4.96. The first-order chi connectivity index (χ1) is 14.9. The second-order valence-electron chi connectivity index (χ2n) is 7.08. The Hall–Kier alpha value is -3.42. The topological polar surface area (TPSA) is 92.7 Å². The predicted octanol–water partition coefficient (Wildman–Crippen LogP) is 3.18. The molecule has 1 amide bonds. The Bertz CT molecular complexity index is 1220. The summed E-state index contributed by atoms with van der Waals surface area (Å²) in [4.78, 5) is 12.3. The molecule has 1 aliphatic heterocycles. The Kier molecular flexibility index (Phi) is 5.88. The van der Waals surface area contributed by atoms with E-state index in [-0.39, 0.29) is 15.7 Å². The number of carbonyl (C=O) groups is 1. The smallest absolute Gasteiger partial charge is 0.251 e. The molecule has 0 saturated heterocycles. The van der Waals surface area contributed by atoms with Crippen LogP contribution in [0.15, 0.2) is 88.7 Å². The molecule has 1 aliphatic rings. The van der Waals surface area contributed by atoms with E-state index in [0.717, 1.165) is 5.56 Å². The van der Waals surface area contributed by atoms with Crippen LogP contribution in [0.1, 0.15) is 21.5 Å². The molecule has 7 heteroatoms. The molecule has 0 aromatic heterocycles. The molecule has 4 rings (SSSR count). The molecule has 3 aromatic carbocycles. The van der Waals surface area contributed by atoms with Crippen LogP contribution < -0.4 is 10.1 Å². The highest BCUT2D eigenvalue weighted by molar-refractivity contribution is 7.95. The molecule has 0 radical (unpaired) electrons. The van der Waals surface area contributed by atoms with E-state index in [2.05, 4.69) is 5.32 Å². The van der Waals surface area contributed by atoms with E-state index in [0.29, 0.717) is 29.8 Å².